The number of halogens is 1. The van der Waals surface area contributed by atoms with Gasteiger partial charge in [0.05, 0.1) is 5.92 Å². The van der Waals surface area contributed by atoms with Crippen LogP contribution in [0.3, 0.4) is 0 Å². The van der Waals surface area contributed by atoms with Gasteiger partial charge >= 0.3 is 0 Å². The molecule has 0 spiro atoms. The molecule has 1 aromatic heterocycles. The van der Waals surface area contributed by atoms with Crippen LogP contribution in [0.25, 0.3) is 11.1 Å². The first kappa shape index (κ1) is 22.4. The van der Waals surface area contributed by atoms with Crippen molar-refractivity contribution in [1.29, 1.82) is 0 Å². The standard InChI is InChI=1S/C25H26FN5O2/c1-2-11-29-12-13-30(24(32)16-31-18-27-17-28-31)15-21(25(29)33)14-19-7-9-20(10-8-19)22-5-3-4-6-23(22)26/h2-10,17-18,21H,1,11-16H2. The molecule has 0 bridgehead atoms. The minimum Gasteiger partial charge on any atom is -0.339 e. The number of carbonyl (C=O) groups excluding carboxylic acids is 2. The largest absolute Gasteiger partial charge is 0.339 e. The van der Waals surface area contributed by atoms with Gasteiger partial charge in [-0.3, -0.25) is 9.59 Å². The van der Waals surface area contributed by atoms with Gasteiger partial charge in [0.2, 0.25) is 11.8 Å². The number of rotatable bonds is 7. The average molecular weight is 448 g/mol. The molecule has 2 heterocycles. The van der Waals surface area contributed by atoms with Gasteiger partial charge in [-0.1, -0.05) is 48.5 Å². The molecule has 2 amide bonds. The van der Waals surface area contributed by atoms with Crippen molar-refractivity contribution in [3.05, 3.63) is 85.2 Å². The molecule has 0 N–H and O–H groups in total. The molecule has 1 aliphatic heterocycles. The Hall–Kier alpha value is -3.81. The number of aromatic nitrogens is 3. The van der Waals surface area contributed by atoms with Gasteiger partial charge in [0.1, 0.15) is 25.0 Å². The number of nitrogens with zero attached hydrogens (tertiary/aromatic N) is 5. The average Bonchev–Trinajstić information content (AvgIpc) is 3.28. The van der Waals surface area contributed by atoms with E-state index in [9.17, 15) is 14.0 Å². The smallest absolute Gasteiger partial charge is 0.244 e. The molecule has 1 unspecified atom stereocenters. The van der Waals surface area contributed by atoms with Crippen molar-refractivity contribution in [3.8, 4) is 11.1 Å². The van der Waals surface area contributed by atoms with Crippen LogP contribution in [-0.4, -0.2) is 62.6 Å². The molecule has 7 nitrogen and oxygen atoms in total. The van der Waals surface area contributed by atoms with Gasteiger partial charge < -0.3 is 9.80 Å². The van der Waals surface area contributed by atoms with E-state index < -0.39 is 0 Å². The molecule has 33 heavy (non-hydrogen) atoms. The van der Waals surface area contributed by atoms with E-state index in [2.05, 4.69) is 16.7 Å². The molecule has 0 saturated carbocycles. The first-order valence-electron chi connectivity index (χ1n) is 10.9. The zero-order valence-electron chi connectivity index (χ0n) is 18.3. The molecule has 3 aromatic rings. The van der Waals surface area contributed by atoms with Crippen LogP contribution in [0.2, 0.25) is 0 Å². The summed E-state index contributed by atoms with van der Waals surface area (Å²) >= 11 is 0. The third-order valence-corrected chi connectivity index (χ3v) is 5.83. The molecular weight excluding hydrogens is 421 g/mol. The highest BCUT2D eigenvalue weighted by molar-refractivity contribution is 5.82. The van der Waals surface area contributed by atoms with E-state index in [0.29, 0.717) is 38.2 Å². The van der Waals surface area contributed by atoms with Crippen LogP contribution in [0.15, 0.2) is 73.8 Å². The van der Waals surface area contributed by atoms with Crippen LogP contribution >= 0.6 is 0 Å². The molecule has 170 valence electrons. The molecule has 0 aliphatic carbocycles. The lowest BCUT2D eigenvalue weighted by Gasteiger charge is -2.23. The maximum absolute atomic E-state index is 14.1. The second kappa shape index (κ2) is 10.2. The summed E-state index contributed by atoms with van der Waals surface area (Å²) in [7, 11) is 0. The van der Waals surface area contributed by atoms with E-state index in [1.54, 1.807) is 34.1 Å². The monoisotopic (exact) mass is 447 g/mol. The van der Waals surface area contributed by atoms with Crippen LogP contribution in [0, 0.1) is 11.7 Å². The lowest BCUT2D eigenvalue weighted by atomic mass is 9.95. The van der Waals surface area contributed by atoms with Gasteiger partial charge in [-0.15, -0.1) is 6.58 Å². The Bertz CT molecular complexity index is 1110. The van der Waals surface area contributed by atoms with E-state index in [-0.39, 0.29) is 30.1 Å². The summed E-state index contributed by atoms with van der Waals surface area (Å²) in [5, 5.41) is 4.00. The second-order valence-electron chi connectivity index (χ2n) is 8.08. The highest BCUT2D eigenvalue weighted by Crippen LogP contribution is 2.24. The summed E-state index contributed by atoms with van der Waals surface area (Å²) in [5.41, 5.74) is 2.27. The van der Waals surface area contributed by atoms with Gasteiger partial charge in [0.15, 0.2) is 0 Å². The molecule has 1 fully saturated rings. The zero-order valence-corrected chi connectivity index (χ0v) is 18.3. The third kappa shape index (κ3) is 5.34. The van der Waals surface area contributed by atoms with E-state index in [1.165, 1.54) is 23.4 Å². The molecular formula is C25H26FN5O2. The molecule has 1 aliphatic rings. The third-order valence-electron chi connectivity index (χ3n) is 5.83. The Kier molecular flexibility index (Phi) is 6.92. The van der Waals surface area contributed by atoms with Gasteiger partial charge in [-0.05, 0) is 23.6 Å². The van der Waals surface area contributed by atoms with Crippen molar-refractivity contribution in [3.63, 3.8) is 0 Å². The molecule has 4 rings (SSSR count). The number of benzene rings is 2. The van der Waals surface area contributed by atoms with Crippen LogP contribution in [0.4, 0.5) is 4.39 Å². The quantitative estimate of drug-likeness (QED) is 0.522. The summed E-state index contributed by atoms with van der Waals surface area (Å²) in [6.07, 6.45) is 5.07. The number of amides is 2. The summed E-state index contributed by atoms with van der Waals surface area (Å²) in [4.78, 5) is 33.4. The fourth-order valence-electron chi connectivity index (χ4n) is 4.11. The zero-order chi connectivity index (χ0) is 23.2. The maximum Gasteiger partial charge on any atom is 0.244 e. The minimum absolute atomic E-state index is 0.00383. The summed E-state index contributed by atoms with van der Waals surface area (Å²) in [5.74, 6) is -0.755. The van der Waals surface area contributed by atoms with Crippen LogP contribution < -0.4 is 0 Å². The van der Waals surface area contributed by atoms with Crippen molar-refractivity contribution in [2.45, 2.75) is 13.0 Å². The Morgan fingerprint density at radius 2 is 1.94 bits per heavy atom. The van der Waals surface area contributed by atoms with E-state index >= 15 is 0 Å². The molecule has 1 saturated heterocycles. The fourth-order valence-corrected chi connectivity index (χ4v) is 4.11. The van der Waals surface area contributed by atoms with Crippen LogP contribution in [0.5, 0.6) is 0 Å². The van der Waals surface area contributed by atoms with Crippen molar-refractivity contribution < 1.29 is 14.0 Å². The van der Waals surface area contributed by atoms with Gasteiger partial charge in [-0.25, -0.2) is 14.1 Å². The number of hydrogen-bond acceptors (Lipinski definition) is 4. The topological polar surface area (TPSA) is 71.3 Å². The predicted molar refractivity (Wildman–Crippen MR) is 122 cm³/mol. The highest BCUT2D eigenvalue weighted by Gasteiger charge is 2.32. The van der Waals surface area contributed by atoms with Crippen molar-refractivity contribution >= 4 is 11.8 Å². The Morgan fingerprint density at radius 1 is 1.15 bits per heavy atom. The van der Waals surface area contributed by atoms with Gasteiger partial charge in [0.25, 0.3) is 0 Å². The van der Waals surface area contributed by atoms with Gasteiger partial charge in [-0.2, -0.15) is 5.10 Å². The number of carbonyl (C=O) groups is 2. The summed E-state index contributed by atoms with van der Waals surface area (Å²) < 4.78 is 15.6. The lowest BCUT2D eigenvalue weighted by molar-refractivity contribution is -0.134. The molecule has 8 heteroatoms. The van der Waals surface area contributed by atoms with Crippen LogP contribution in [0.1, 0.15) is 5.56 Å². The first-order valence-corrected chi connectivity index (χ1v) is 10.9. The molecule has 1 atom stereocenters. The van der Waals surface area contributed by atoms with Gasteiger partial charge in [0, 0.05) is 31.7 Å². The molecule has 0 radical (unpaired) electrons. The number of hydrogen-bond donors (Lipinski definition) is 0. The first-order chi connectivity index (χ1) is 16.0. The fraction of sp³-hybridized carbons (Fsp3) is 0.280. The van der Waals surface area contributed by atoms with E-state index in [1.807, 2.05) is 24.3 Å². The van der Waals surface area contributed by atoms with Crippen molar-refractivity contribution in [1.82, 2.24) is 24.6 Å². The summed E-state index contributed by atoms with van der Waals surface area (Å²) in [6.45, 7) is 5.51. The SMILES string of the molecule is C=CCN1CCN(C(=O)Cn2cncn2)CC(Cc2ccc(-c3ccccc3F)cc2)C1=O. The Morgan fingerprint density at radius 3 is 2.64 bits per heavy atom. The Balaban J connectivity index is 1.51. The highest BCUT2D eigenvalue weighted by atomic mass is 19.1. The maximum atomic E-state index is 14.1. The van der Waals surface area contributed by atoms with E-state index in [4.69, 9.17) is 0 Å². The normalized spacial score (nSPS) is 16.5. The lowest BCUT2D eigenvalue weighted by Crippen LogP contribution is -2.39. The molecule has 2 aromatic carbocycles. The van der Waals surface area contributed by atoms with Crippen molar-refractivity contribution in [2.24, 2.45) is 5.92 Å². The predicted octanol–water partition coefficient (Wildman–Crippen LogP) is 2.80. The van der Waals surface area contributed by atoms with E-state index in [0.717, 1.165) is 11.1 Å². The van der Waals surface area contributed by atoms with Crippen molar-refractivity contribution in [2.75, 3.05) is 26.2 Å². The minimum atomic E-state index is -0.383. The van der Waals surface area contributed by atoms with Crippen LogP contribution in [-0.2, 0) is 22.6 Å². The Labute approximate surface area is 192 Å². The second-order valence-corrected chi connectivity index (χ2v) is 8.08. The summed E-state index contributed by atoms with van der Waals surface area (Å²) in [6, 6.07) is 14.2.